The number of nitrogens with zero attached hydrogens (tertiary/aromatic N) is 2. The fourth-order valence-corrected chi connectivity index (χ4v) is 4.06. The van der Waals surface area contributed by atoms with Gasteiger partial charge in [0, 0.05) is 18.0 Å². The first-order valence-electron chi connectivity index (χ1n) is 11.2. The Morgan fingerprint density at radius 3 is 2.24 bits per heavy atom. The lowest BCUT2D eigenvalue weighted by Gasteiger charge is -2.12. The maximum atomic E-state index is 12.6. The predicted molar refractivity (Wildman–Crippen MR) is 136 cm³/mol. The van der Waals surface area contributed by atoms with Crippen molar-refractivity contribution in [2.24, 2.45) is 0 Å². The number of ether oxygens (including phenoxy) is 1. The van der Waals surface area contributed by atoms with Gasteiger partial charge in [-0.1, -0.05) is 72.8 Å². The second-order valence-electron chi connectivity index (χ2n) is 8.28. The van der Waals surface area contributed by atoms with Gasteiger partial charge in [-0.25, -0.2) is 4.98 Å². The van der Waals surface area contributed by atoms with Gasteiger partial charge in [0.05, 0.1) is 11.4 Å². The molecule has 5 heteroatoms. The number of fused-ring (bicyclic) bond motifs is 1. The zero-order valence-corrected chi connectivity index (χ0v) is 19.2. The molecule has 0 unspecified atom stereocenters. The van der Waals surface area contributed by atoms with Crippen molar-refractivity contribution < 1.29 is 9.53 Å². The van der Waals surface area contributed by atoms with Crippen LogP contribution in [-0.2, 0) is 4.79 Å². The summed E-state index contributed by atoms with van der Waals surface area (Å²) in [6.07, 6.45) is 3.89. The number of para-hydroxylation sites is 1. The first-order chi connectivity index (χ1) is 16.6. The summed E-state index contributed by atoms with van der Waals surface area (Å²) in [4.78, 5) is 17.4. The summed E-state index contributed by atoms with van der Waals surface area (Å²) < 4.78 is 7.72. The Hall–Kier alpha value is -4.38. The summed E-state index contributed by atoms with van der Waals surface area (Å²) in [5.41, 5.74) is 7.53. The molecule has 2 aromatic heterocycles. The number of anilines is 1. The third kappa shape index (κ3) is 4.41. The number of aryl methyl sites for hydroxylation is 2. The Morgan fingerprint density at radius 1 is 0.824 bits per heavy atom. The van der Waals surface area contributed by atoms with Gasteiger partial charge in [0.15, 0.2) is 12.3 Å². The van der Waals surface area contributed by atoms with Crippen LogP contribution in [0, 0.1) is 13.8 Å². The average molecular weight is 448 g/mol. The van der Waals surface area contributed by atoms with Crippen molar-refractivity contribution in [3.63, 3.8) is 0 Å². The fraction of sp³-hybridized carbons (Fsp3) is 0.103. The molecular weight excluding hydrogens is 422 g/mol. The number of aromatic nitrogens is 2. The highest BCUT2D eigenvalue weighted by Crippen LogP contribution is 2.27. The van der Waals surface area contributed by atoms with Crippen molar-refractivity contribution in [3.8, 4) is 28.1 Å². The summed E-state index contributed by atoms with van der Waals surface area (Å²) in [5, 5.41) is 2.94. The molecule has 168 valence electrons. The number of carbonyl (C=O) groups excluding carboxylic acids is 1. The highest BCUT2D eigenvalue weighted by molar-refractivity contribution is 5.95. The van der Waals surface area contributed by atoms with E-state index in [9.17, 15) is 4.79 Å². The highest BCUT2D eigenvalue weighted by atomic mass is 16.5. The maximum Gasteiger partial charge on any atom is 0.262 e. The minimum Gasteiger partial charge on any atom is -0.483 e. The van der Waals surface area contributed by atoms with E-state index in [2.05, 4.69) is 41.7 Å². The van der Waals surface area contributed by atoms with Crippen LogP contribution in [0.3, 0.4) is 0 Å². The Labute approximate surface area is 198 Å². The normalized spacial score (nSPS) is 10.9. The minimum absolute atomic E-state index is 0.0682. The number of carbonyl (C=O) groups is 1. The lowest BCUT2D eigenvalue weighted by molar-refractivity contribution is -0.118. The van der Waals surface area contributed by atoms with E-state index < -0.39 is 0 Å². The van der Waals surface area contributed by atoms with E-state index in [4.69, 9.17) is 9.72 Å². The van der Waals surface area contributed by atoms with E-state index >= 15 is 0 Å². The molecule has 0 spiro atoms. The van der Waals surface area contributed by atoms with Crippen LogP contribution >= 0.6 is 0 Å². The molecule has 5 nitrogen and oxygen atoms in total. The van der Waals surface area contributed by atoms with Crippen LogP contribution in [0.2, 0.25) is 0 Å². The summed E-state index contributed by atoms with van der Waals surface area (Å²) in [5.74, 6) is 0.519. The topological polar surface area (TPSA) is 55.6 Å². The van der Waals surface area contributed by atoms with Gasteiger partial charge in [-0.2, -0.15) is 0 Å². The van der Waals surface area contributed by atoms with E-state index in [1.54, 1.807) is 0 Å². The quantitative estimate of drug-likeness (QED) is 0.332. The van der Waals surface area contributed by atoms with Crippen molar-refractivity contribution >= 4 is 17.2 Å². The number of amides is 1. The maximum absolute atomic E-state index is 12.6. The van der Waals surface area contributed by atoms with Crippen molar-refractivity contribution in [1.82, 2.24) is 9.38 Å². The van der Waals surface area contributed by atoms with Gasteiger partial charge in [-0.3, -0.25) is 4.79 Å². The Kier molecular flexibility index (Phi) is 5.83. The lowest BCUT2D eigenvalue weighted by Crippen LogP contribution is -2.21. The second kappa shape index (κ2) is 9.24. The fourth-order valence-electron chi connectivity index (χ4n) is 4.06. The number of pyridine rings is 1. The molecule has 0 aliphatic heterocycles. The third-order valence-electron chi connectivity index (χ3n) is 5.80. The van der Waals surface area contributed by atoms with E-state index in [0.29, 0.717) is 11.3 Å². The molecule has 0 fully saturated rings. The van der Waals surface area contributed by atoms with Crippen molar-refractivity contribution in [2.75, 3.05) is 11.9 Å². The molecule has 0 aliphatic rings. The zero-order valence-electron chi connectivity index (χ0n) is 19.2. The van der Waals surface area contributed by atoms with Crippen molar-refractivity contribution in [2.45, 2.75) is 13.8 Å². The molecule has 34 heavy (non-hydrogen) atoms. The standard InChI is InChI=1S/C29H25N3O2/c1-20-8-6-9-21(2)28(20)34-19-27(33)30-25-12-7-17-32-18-26(31-29(25)32)24-15-13-23(14-16-24)22-10-4-3-5-11-22/h3-18H,19H2,1-2H3,(H,30,33). The summed E-state index contributed by atoms with van der Waals surface area (Å²) in [7, 11) is 0. The molecule has 0 saturated heterocycles. The summed E-state index contributed by atoms with van der Waals surface area (Å²) in [6.45, 7) is 3.88. The highest BCUT2D eigenvalue weighted by Gasteiger charge is 2.12. The molecule has 0 radical (unpaired) electrons. The molecule has 3 aromatic carbocycles. The van der Waals surface area contributed by atoms with E-state index in [0.717, 1.165) is 33.7 Å². The minimum atomic E-state index is -0.229. The van der Waals surface area contributed by atoms with Crippen LogP contribution in [0.5, 0.6) is 5.75 Å². The van der Waals surface area contributed by atoms with Gasteiger partial charge < -0.3 is 14.5 Å². The van der Waals surface area contributed by atoms with Crippen LogP contribution in [0.25, 0.3) is 28.0 Å². The third-order valence-corrected chi connectivity index (χ3v) is 5.80. The summed E-state index contributed by atoms with van der Waals surface area (Å²) in [6, 6.07) is 28.3. The number of rotatable bonds is 6. The number of imidazole rings is 1. The van der Waals surface area contributed by atoms with Gasteiger partial charge in [0.1, 0.15) is 5.75 Å². The number of hydrogen-bond acceptors (Lipinski definition) is 3. The number of nitrogens with one attached hydrogen (secondary N) is 1. The van der Waals surface area contributed by atoms with Gasteiger partial charge in [-0.05, 0) is 48.2 Å². The molecule has 0 saturated carbocycles. The van der Waals surface area contributed by atoms with E-state index in [1.165, 1.54) is 5.56 Å². The van der Waals surface area contributed by atoms with Crippen LogP contribution in [0.15, 0.2) is 97.3 Å². The molecule has 0 bridgehead atoms. The van der Waals surface area contributed by atoms with Crippen molar-refractivity contribution in [3.05, 3.63) is 108 Å². The predicted octanol–water partition coefficient (Wildman–Crippen LogP) is 6.30. The number of benzene rings is 3. The van der Waals surface area contributed by atoms with E-state index in [1.807, 2.05) is 79.2 Å². The van der Waals surface area contributed by atoms with Crippen molar-refractivity contribution in [1.29, 1.82) is 0 Å². The Morgan fingerprint density at radius 2 is 1.50 bits per heavy atom. The molecule has 0 aliphatic carbocycles. The molecule has 1 N–H and O–H groups in total. The summed E-state index contributed by atoms with van der Waals surface area (Å²) >= 11 is 0. The van der Waals surface area contributed by atoms with Gasteiger partial charge >= 0.3 is 0 Å². The molecule has 5 rings (SSSR count). The largest absolute Gasteiger partial charge is 0.483 e. The van der Waals surface area contributed by atoms with Crippen LogP contribution < -0.4 is 10.1 Å². The van der Waals surface area contributed by atoms with E-state index in [-0.39, 0.29) is 12.5 Å². The van der Waals surface area contributed by atoms with Crippen LogP contribution in [0.1, 0.15) is 11.1 Å². The molecule has 5 aromatic rings. The van der Waals surface area contributed by atoms with Crippen LogP contribution in [0.4, 0.5) is 5.69 Å². The first kappa shape index (κ1) is 21.5. The zero-order chi connectivity index (χ0) is 23.5. The van der Waals surface area contributed by atoms with Gasteiger partial charge in [-0.15, -0.1) is 0 Å². The van der Waals surface area contributed by atoms with Gasteiger partial charge in [0.2, 0.25) is 0 Å². The first-order valence-corrected chi connectivity index (χ1v) is 11.2. The Balaban J connectivity index is 1.34. The Bertz CT molecular complexity index is 1430. The molecule has 1 amide bonds. The molecular formula is C29H25N3O2. The lowest BCUT2D eigenvalue weighted by atomic mass is 10.0. The average Bonchev–Trinajstić information content (AvgIpc) is 3.30. The monoisotopic (exact) mass is 447 g/mol. The number of hydrogen-bond donors (Lipinski definition) is 1. The SMILES string of the molecule is Cc1cccc(C)c1OCC(=O)Nc1cccn2cc(-c3ccc(-c4ccccc4)cc3)nc12. The second-order valence-corrected chi connectivity index (χ2v) is 8.28. The van der Waals surface area contributed by atoms with Crippen LogP contribution in [-0.4, -0.2) is 21.9 Å². The molecule has 2 heterocycles. The van der Waals surface area contributed by atoms with Gasteiger partial charge in [0.25, 0.3) is 5.91 Å². The smallest absolute Gasteiger partial charge is 0.262 e. The molecule has 0 atom stereocenters.